The maximum absolute atomic E-state index is 12.7. The molecule has 0 saturated heterocycles. The Morgan fingerprint density at radius 1 is 0.875 bits per heavy atom. The number of aromatic nitrogens is 1. The van der Waals surface area contributed by atoms with Crippen molar-refractivity contribution in [2.75, 3.05) is 6.79 Å². The molecule has 1 aliphatic rings. The Kier molecular flexibility index (Phi) is 3.26. The van der Waals surface area contributed by atoms with E-state index in [0.717, 1.165) is 23.5 Å². The monoisotopic (exact) mass is 331 g/mol. The number of rotatable bonds is 2. The van der Waals surface area contributed by atoms with Crippen LogP contribution in [0.25, 0.3) is 16.9 Å². The summed E-state index contributed by atoms with van der Waals surface area (Å²) in [6, 6.07) is 14.4. The van der Waals surface area contributed by atoms with Crippen molar-refractivity contribution in [3.8, 4) is 28.4 Å². The molecule has 0 spiro atoms. The SMILES string of the molecule is FC(F)(F)c1ccc(-c2cccn2-c2ccc3c(c2)OCO3)cc1. The number of fused-ring (bicyclic) bond motifs is 1. The van der Waals surface area contributed by atoms with E-state index >= 15 is 0 Å². The first-order valence-corrected chi connectivity index (χ1v) is 7.27. The maximum atomic E-state index is 12.7. The summed E-state index contributed by atoms with van der Waals surface area (Å²) in [4.78, 5) is 0. The smallest absolute Gasteiger partial charge is 0.416 e. The lowest BCUT2D eigenvalue weighted by Gasteiger charge is -2.12. The van der Waals surface area contributed by atoms with E-state index < -0.39 is 11.7 Å². The third-order valence-electron chi connectivity index (χ3n) is 3.89. The Balaban J connectivity index is 1.73. The van der Waals surface area contributed by atoms with Gasteiger partial charge in [0, 0.05) is 18.0 Å². The molecular formula is C18H12F3NO2. The van der Waals surface area contributed by atoms with Crippen LogP contribution in [0.15, 0.2) is 60.8 Å². The average molecular weight is 331 g/mol. The summed E-state index contributed by atoms with van der Waals surface area (Å²) < 4.78 is 50.7. The van der Waals surface area contributed by atoms with Crippen LogP contribution in [0.4, 0.5) is 13.2 Å². The van der Waals surface area contributed by atoms with Gasteiger partial charge in [0.25, 0.3) is 0 Å². The Hall–Kier alpha value is -2.89. The van der Waals surface area contributed by atoms with Gasteiger partial charge in [-0.25, -0.2) is 0 Å². The quantitative estimate of drug-likeness (QED) is 0.667. The lowest BCUT2D eigenvalue weighted by atomic mass is 10.1. The van der Waals surface area contributed by atoms with Crippen LogP contribution in [0.1, 0.15) is 5.56 Å². The number of ether oxygens (including phenoxy) is 2. The van der Waals surface area contributed by atoms with Crippen molar-refractivity contribution in [3.63, 3.8) is 0 Å². The second kappa shape index (κ2) is 5.33. The second-order valence-corrected chi connectivity index (χ2v) is 5.38. The lowest BCUT2D eigenvalue weighted by molar-refractivity contribution is -0.137. The molecule has 1 aromatic heterocycles. The first-order chi connectivity index (χ1) is 11.5. The summed E-state index contributed by atoms with van der Waals surface area (Å²) in [5, 5.41) is 0. The zero-order valence-corrected chi connectivity index (χ0v) is 12.4. The van der Waals surface area contributed by atoms with Crippen molar-refractivity contribution in [3.05, 3.63) is 66.4 Å². The number of alkyl halides is 3. The van der Waals surface area contributed by atoms with Crippen LogP contribution >= 0.6 is 0 Å². The number of nitrogens with zero attached hydrogens (tertiary/aromatic N) is 1. The van der Waals surface area contributed by atoms with Crippen LogP contribution in [0.5, 0.6) is 11.5 Å². The highest BCUT2D eigenvalue weighted by Gasteiger charge is 2.30. The number of halogens is 3. The fourth-order valence-electron chi connectivity index (χ4n) is 2.71. The molecule has 1 aliphatic heterocycles. The van der Waals surface area contributed by atoms with Crippen LogP contribution in [0.2, 0.25) is 0 Å². The van der Waals surface area contributed by atoms with Crippen LogP contribution in [0, 0.1) is 0 Å². The summed E-state index contributed by atoms with van der Waals surface area (Å²) in [5.41, 5.74) is 1.68. The molecule has 0 N–H and O–H groups in total. The minimum atomic E-state index is -4.34. The summed E-state index contributed by atoms with van der Waals surface area (Å²) >= 11 is 0. The molecule has 0 amide bonds. The highest BCUT2D eigenvalue weighted by atomic mass is 19.4. The van der Waals surface area contributed by atoms with Crippen molar-refractivity contribution in [1.29, 1.82) is 0 Å². The predicted molar refractivity (Wildman–Crippen MR) is 82.3 cm³/mol. The topological polar surface area (TPSA) is 23.4 Å². The highest BCUT2D eigenvalue weighted by molar-refractivity contribution is 5.64. The molecule has 0 unspecified atom stereocenters. The van der Waals surface area contributed by atoms with Crippen LogP contribution in [0.3, 0.4) is 0 Å². The first kappa shape index (κ1) is 14.7. The molecule has 2 aromatic carbocycles. The molecule has 3 aromatic rings. The van der Waals surface area contributed by atoms with Gasteiger partial charge in [-0.2, -0.15) is 13.2 Å². The van der Waals surface area contributed by atoms with Gasteiger partial charge in [0.05, 0.1) is 11.3 Å². The molecule has 0 saturated carbocycles. The van der Waals surface area contributed by atoms with Gasteiger partial charge in [0.1, 0.15) is 0 Å². The largest absolute Gasteiger partial charge is 0.454 e. The van der Waals surface area contributed by atoms with Gasteiger partial charge < -0.3 is 14.0 Å². The molecule has 0 atom stereocenters. The van der Waals surface area contributed by atoms with E-state index in [1.165, 1.54) is 12.1 Å². The van der Waals surface area contributed by atoms with Crippen molar-refractivity contribution in [2.24, 2.45) is 0 Å². The van der Waals surface area contributed by atoms with E-state index in [9.17, 15) is 13.2 Å². The van der Waals surface area contributed by atoms with E-state index in [2.05, 4.69) is 0 Å². The van der Waals surface area contributed by atoms with Crippen molar-refractivity contribution in [1.82, 2.24) is 4.57 Å². The van der Waals surface area contributed by atoms with Crippen LogP contribution in [-0.2, 0) is 6.18 Å². The molecule has 0 radical (unpaired) electrons. The number of benzene rings is 2. The van der Waals surface area contributed by atoms with Crippen LogP contribution in [-0.4, -0.2) is 11.4 Å². The molecule has 0 bridgehead atoms. The molecule has 122 valence electrons. The van der Waals surface area contributed by atoms with Crippen LogP contribution < -0.4 is 9.47 Å². The minimum absolute atomic E-state index is 0.191. The van der Waals surface area contributed by atoms with Gasteiger partial charge in [-0.15, -0.1) is 0 Å². The van der Waals surface area contributed by atoms with E-state index in [1.807, 2.05) is 41.1 Å². The van der Waals surface area contributed by atoms with Crippen molar-refractivity contribution < 1.29 is 22.6 Å². The van der Waals surface area contributed by atoms with Gasteiger partial charge in [-0.1, -0.05) is 12.1 Å². The Morgan fingerprint density at radius 2 is 1.62 bits per heavy atom. The van der Waals surface area contributed by atoms with Crippen molar-refractivity contribution in [2.45, 2.75) is 6.18 Å². The average Bonchev–Trinajstić information content (AvgIpc) is 3.22. The first-order valence-electron chi connectivity index (χ1n) is 7.27. The van der Waals surface area contributed by atoms with E-state index in [-0.39, 0.29) is 6.79 Å². The molecule has 4 rings (SSSR count). The maximum Gasteiger partial charge on any atom is 0.416 e. The molecule has 24 heavy (non-hydrogen) atoms. The Bertz CT molecular complexity index is 882. The van der Waals surface area contributed by atoms with E-state index in [4.69, 9.17) is 9.47 Å². The summed E-state index contributed by atoms with van der Waals surface area (Å²) in [5.74, 6) is 1.33. The van der Waals surface area contributed by atoms with Crippen molar-refractivity contribution >= 4 is 0 Å². The molecule has 6 heteroatoms. The molecular weight excluding hydrogens is 319 g/mol. The second-order valence-electron chi connectivity index (χ2n) is 5.38. The van der Waals surface area contributed by atoms with Gasteiger partial charge in [-0.05, 0) is 42.0 Å². The third-order valence-corrected chi connectivity index (χ3v) is 3.89. The summed E-state index contributed by atoms with van der Waals surface area (Å²) in [7, 11) is 0. The van der Waals surface area contributed by atoms with E-state index in [1.54, 1.807) is 0 Å². The Labute approximate surface area is 135 Å². The fraction of sp³-hybridized carbons (Fsp3) is 0.111. The van der Waals surface area contributed by atoms with Gasteiger partial charge in [0.15, 0.2) is 11.5 Å². The molecule has 2 heterocycles. The number of hydrogen-bond donors (Lipinski definition) is 0. The highest BCUT2D eigenvalue weighted by Crippen LogP contribution is 2.36. The van der Waals surface area contributed by atoms with E-state index in [0.29, 0.717) is 17.1 Å². The minimum Gasteiger partial charge on any atom is -0.454 e. The summed E-state index contributed by atoms with van der Waals surface area (Å²) in [6.45, 7) is 0.191. The van der Waals surface area contributed by atoms with Gasteiger partial charge >= 0.3 is 6.18 Å². The standard InChI is InChI=1S/C18H12F3NO2/c19-18(20,21)13-5-3-12(4-6-13)15-2-1-9-22(15)14-7-8-16-17(10-14)24-11-23-16/h1-10H,11H2. The van der Waals surface area contributed by atoms with Gasteiger partial charge in [-0.3, -0.25) is 0 Å². The summed E-state index contributed by atoms with van der Waals surface area (Å²) in [6.07, 6.45) is -2.48. The normalized spacial score (nSPS) is 13.3. The Morgan fingerprint density at radius 3 is 2.38 bits per heavy atom. The number of hydrogen-bond acceptors (Lipinski definition) is 2. The zero-order chi connectivity index (χ0) is 16.7. The molecule has 3 nitrogen and oxygen atoms in total. The molecule has 0 aliphatic carbocycles. The fourth-order valence-corrected chi connectivity index (χ4v) is 2.71. The predicted octanol–water partition coefficient (Wildman–Crippen LogP) is 4.89. The molecule has 0 fully saturated rings. The lowest BCUT2D eigenvalue weighted by Crippen LogP contribution is -2.04. The zero-order valence-electron chi connectivity index (χ0n) is 12.4. The third kappa shape index (κ3) is 2.50. The van der Waals surface area contributed by atoms with Gasteiger partial charge in [0.2, 0.25) is 6.79 Å².